The van der Waals surface area contributed by atoms with E-state index in [1.165, 1.54) is 30.7 Å². The van der Waals surface area contributed by atoms with Crippen LogP contribution >= 0.6 is 0 Å². The molecule has 2 aromatic carbocycles. The minimum Gasteiger partial charge on any atom is -0.305 e. The fourth-order valence-electron chi connectivity index (χ4n) is 5.42. The molecule has 0 aliphatic heterocycles. The molecule has 0 saturated heterocycles. The Morgan fingerprint density at radius 2 is 1.50 bits per heavy atom. The molecule has 1 fully saturated rings. The van der Waals surface area contributed by atoms with Gasteiger partial charge in [-0.2, -0.15) is 26.3 Å². The van der Waals surface area contributed by atoms with Crippen LogP contribution in [0.3, 0.4) is 0 Å². The van der Waals surface area contributed by atoms with Crippen molar-refractivity contribution in [3.8, 4) is 22.4 Å². The third kappa shape index (κ3) is 3.71. The molecule has 0 atom stereocenters. The van der Waals surface area contributed by atoms with E-state index in [0.29, 0.717) is 11.6 Å². The van der Waals surface area contributed by atoms with E-state index in [0.717, 1.165) is 43.4 Å². The molecule has 0 unspecified atom stereocenters. The summed E-state index contributed by atoms with van der Waals surface area (Å²) in [5.41, 5.74) is -4.43. The van der Waals surface area contributed by atoms with Gasteiger partial charge in [-0.05, 0) is 36.1 Å². The number of aromatic nitrogens is 1. The molecule has 1 heterocycles. The summed E-state index contributed by atoms with van der Waals surface area (Å²) < 4.78 is 86.2. The predicted octanol–water partition coefficient (Wildman–Crippen LogP) is 7.99. The minimum absolute atomic E-state index is 0. The number of nitrogens with zero attached hydrogens (tertiary/aromatic N) is 1. The fraction of sp³-hybridized carbons (Fsp3) is 0.346. The van der Waals surface area contributed by atoms with E-state index >= 15 is 0 Å². The van der Waals surface area contributed by atoms with Crippen LogP contribution in [0.1, 0.15) is 54.7 Å². The molecule has 0 radical (unpaired) electrons. The minimum atomic E-state index is -5.58. The number of halogens is 6. The van der Waals surface area contributed by atoms with Crippen molar-refractivity contribution in [2.45, 2.75) is 55.8 Å². The Kier molecular flexibility index (Phi) is 6.47. The average Bonchev–Trinajstić information content (AvgIpc) is 3.10. The summed E-state index contributed by atoms with van der Waals surface area (Å²) in [5, 5.41) is 0. The van der Waals surface area contributed by atoms with Crippen molar-refractivity contribution in [1.82, 2.24) is 4.98 Å². The molecule has 3 aromatic rings. The maximum atomic E-state index is 14.4. The van der Waals surface area contributed by atoms with Gasteiger partial charge < -0.3 is 4.98 Å². The summed E-state index contributed by atoms with van der Waals surface area (Å²) in [4.78, 5) is 4.26. The first-order valence-corrected chi connectivity index (χ1v) is 10.9. The van der Waals surface area contributed by atoms with Gasteiger partial charge in [0.05, 0.1) is 0 Å². The smallest absolute Gasteiger partial charge is 0.305 e. The number of rotatable bonds is 2. The summed E-state index contributed by atoms with van der Waals surface area (Å²) in [6.07, 6.45) is -4.20. The van der Waals surface area contributed by atoms with Gasteiger partial charge in [-0.1, -0.05) is 71.8 Å². The Bertz CT molecular complexity index is 1180. The Morgan fingerprint density at radius 3 is 2.18 bits per heavy atom. The molecule has 2 aliphatic rings. The number of benzene rings is 2. The van der Waals surface area contributed by atoms with Crippen LogP contribution in [0.5, 0.6) is 0 Å². The van der Waals surface area contributed by atoms with Crippen molar-refractivity contribution in [3.63, 3.8) is 0 Å². The molecule has 0 bridgehead atoms. The van der Waals surface area contributed by atoms with Crippen molar-refractivity contribution < 1.29 is 47.4 Å². The van der Waals surface area contributed by atoms with Crippen LogP contribution in [0, 0.1) is 6.07 Å². The molecular formula is C26H20F6NPt-. The van der Waals surface area contributed by atoms with Crippen LogP contribution in [0.15, 0.2) is 54.7 Å². The van der Waals surface area contributed by atoms with Gasteiger partial charge in [0.1, 0.15) is 0 Å². The number of hydrogen-bond acceptors (Lipinski definition) is 1. The molecule has 182 valence electrons. The first-order valence-electron chi connectivity index (χ1n) is 10.9. The van der Waals surface area contributed by atoms with Gasteiger partial charge in [0, 0.05) is 27.3 Å². The number of hydrogen-bond donors (Lipinski definition) is 0. The third-order valence-corrected chi connectivity index (χ3v) is 6.96. The van der Waals surface area contributed by atoms with Crippen molar-refractivity contribution in [2.24, 2.45) is 0 Å². The van der Waals surface area contributed by atoms with Crippen molar-refractivity contribution >= 4 is 0 Å². The van der Waals surface area contributed by atoms with Crippen LogP contribution in [0.25, 0.3) is 22.4 Å². The zero-order valence-corrected chi connectivity index (χ0v) is 20.1. The molecular weight excluding hydrogens is 635 g/mol. The molecule has 0 N–H and O–H groups in total. The van der Waals surface area contributed by atoms with Gasteiger partial charge in [0.2, 0.25) is 0 Å². The normalized spacial score (nSPS) is 17.6. The summed E-state index contributed by atoms with van der Waals surface area (Å²) in [5.74, 6) is 0.323. The van der Waals surface area contributed by atoms with Crippen molar-refractivity contribution in [1.29, 1.82) is 0 Å². The summed E-state index contributed by atoms with van der Waals surface area (Å²) in [7, 11) is 0. The monoisotopic (exact) mass is 655 g/mol. The van der Waals surface area contributed by atoms with Crippen LogP contribution in [0.4, 0.5) is 26.3 Å². The zero-order chi connectivity index (χ0) is 23.4. The number of pyridine rings is 1. The van der Waals surface area contributed by atoms with E-state index in [2.05, 4.69) is 11.1 Å². The molecule has 1 saturated carbocycles. The number of alkyl halides is 6. The van der Waals surface area contributed by atoms with Gasteiger partial charge in [-0.25, -0.2) is 0 Å². The van der Waals surface area contributed by atoms with Crippen molar-refractivity contribution in [3.05, 3.63) is 77.5 Å². The topological polar surface area (TPSA) is 12.9 Å². The number of fused-ring (bicyclic) bond motifs is 3. The van der Waals surface area contributed by atoms with Gasteiger partial charge in [0.15, 0.2) is 5.41 Å². The Morgan fingerprint density at radius 1 is 0.824 bits per heavy atom. The van der Waals surface area contributed by atoms with Crippen LogP contribution in [0.2, 0.25) is 0 Å². The van der Waals surface area contributed by atoms with Gasteiger partial charge in [-0.15, -0.1) is 23.8 Å². The average molecular weight is 656 g/mol. The molecule has 0 spiro atoms. The second-order valence-electron chi connectivity index (χ2n) is 8.77. The Balaban J connectivity index is 0.00000274. The molecule has 1 aromatic heterocycles. The third-order valence-electron chi connectivity index (χ3n) is 6.96. The molecule has 34 heavy (non-hydrogen) atoms. The van der Waals surface area contributed by atoms with Crippen LogP contribution < -0.4 is 0 Å². The van der Waals surface area contributed by atoms with E-state index < -0.39 is 28.9 Å². The van der Waals surface area contributed by atoms with E-state index in [4.69, 9.17) is 0 Å². The Hall–Kier alpha value is -2.14. The second kappa shape index (κ2) is 8.82. The summed E-state index contributed by atoms with van der Waals surface area (Å²) in [6, 6.07) is 13.6. The molecule has 5 rings (SSSR count). The first-order chi connectivity index (χ1) is 15.6. The van der Waals surface area contributed by atoms with Gasteiger partial charge in [0.25, 0.3) is 0 Å². The predicted molar refractivity (Wildman–Crippen MR) is 113 cm³/mol. The fourth-order valence-corrected chi connectivity index (χ4v) is 5.42. The van der Waals surface area contributed by atoms with Crippen LogP contribution in [-0.4, -0.2) is 17.3 Å². The maximum Gasteiger partial charge on any atom is 0.409 e. The molecule has 0 amide bonds. The van der Waals surface area contributed by atoms with E-state index in [-0.39, 0.29) is 37.8 Å². The quantitative estimate of drug-likeness (QED) is 0.202. The van der Waals surface area contributed by atoms with E-state index in [9.17, 15) is 26.3 Å². The van der Waals surface area contributed by atoms with Gasteiger partial charge in [-0.3, -0.25) is 0 Å². The second-order valence-corrected chi connectivity index (χ2v) is 8.77. The maximum absolute atomic E-state index is 14.4. The molecule has 8 heteroatoms. The summed E-state index contributed by atoms with van der Waals surface area (Å²) >= 11 is 0. The van der Waals surface area contributed by atoms with Crippen LogP contribution in [-0.2, 0) is 26.5 Å². The van der Waals surface area contributed by atoms with Crippen molar-refractivity contribution in [2.75, 3.05) is 0 Å². The Labute approximate surface area is 207 Å². The zero-order valence-electron chi connectivity index (χ0n) is 17.8. The first kappa shape index (κ1) is 25.0. The van der Waals surface area contributed by atoms with E-state index in [1.54, 1.807) is 12.3 Å². The SMILES string of the molecule is FC(F)(F)C1(C(F)(F)F)c2ccccc2-c2c[c-]c(-c3cc(C4CCCCC4)ccn3)cc21.[Pt]. The molecule has 1 nitrogen and oxygen atoms in total. The van der Waals surface area contributed by atoms with Gasteiger partial charge >= 0.3 is 12.4 Å². The molecule has 2 aliphatic carbocycles. The van der Waals surface area contributed by atoms with E-state index in [1.807, 2.05) is 6.07 Å². The largest absolute Gasteiger partial charge is 0.409 e. The standard InChI is InChI=1S/C26H20F6N.Pt/c27-25(28,29)24(26(30,31)32)21-9-5-4-8-19(21)20-11-10-18(14-22(20)24)23-15-17(12-13-33-23)16-6-2-1-3-7-16;/h4-5,8-9,11-16H,1-3,6-7H2;/q-1;. The summed E-state index contributed by atoms with van der Waals surface area (Å²) in [6.45, 7) is 0.